The molecule has 128 valence electrons. The zero-order valence-electron chi connectivity index (χ0n) is 15.0. The molecule has 0 spiro atoms. The Kier molecular flexibility index (Phi) is 4.13. The molecule has 2 aliphatic rings. The normalized spacial score (nSPS) is 16.8. The van der Waals surface area contributed by atoms with E-state index in [9.17, 15) is 5.26 Å². The number of nitriles is 1. The topological polar surface area (TPSA) is 36.3 Å². The maximum atomic E-state index is 9.67. The van der Waals surface area contributed by atoms with Crippen LogP contribution < -0.4 is 9.64 Å². The number of hydrogen-bond acceptors (Lipinski definition) is 3. The minimum atomic E-state index is 0.787. The monoisotopic (exact) mass is 332 g/mol. The maximum absolute atomic E-state index is 9.67. The molecule has 0 unspecified atom stereocenters. The van der Waals surface area contributed by atoms with E-state index in [1.807, 2.05) is 12.1 Å². The number of anilines is 1. The molecule has 3 nitrogen and oxygen atoms in total. The van der Waals surface area contributed by atoms with E-state index in [0.29, 0.717) is 0 Å². The van der Waals surface area contributed by atoms with Crippen LogP contribution in [0.5, 0.6) is 5.75 Å². The lowest BCUT2D eigenvalue weighted by Gasteiger charge is -2.36. The highest BCUT2D eigenvalue weighted by Crippen LogP contribution is 2.42. The molecule has 0 atom stereocenters. The molecule has 0 saturated carbocycles. The van der Waals surface area contributed by atoms with E-state index < -0.39 is 0 Å². The van der Waals surface area contributed by atoms with E-state index in [4.69, 9.17) is 4.74 Å². The zero-order valence-corrected chi connectivity index (χ0v) is 15.0. The molecule has 1 aliphatic carbocycles. The molecule has 2 aromatic rings. The van der Waals surface area contributed by atoms with Gasteiger partial charge in [-0.2, -0.15) is 5.26 Å². The Morgan fingerprint density at radius 2 is 1.84 bits per heavy atom. The molecule has 1 saturated heterocycles. The molecule has 0 aromatic heterocycles. The summed E-state index contributed by atoms with van der Waals surface area (Å²) in [5.41, 5.74) is 7.29. The second kappa shape index (κ2) is 6.44. The Labute approximate surface area is 149 Å². The van der Waals surface area contributed by atoms with E-state index >= 15 is 0 Å². The lowest BCUT2D eigenvalue weighted by atomic mass is 9.83. The molecule has 0 bridgehead atoms. The van der Waals surface area contributed by atoms with Crippen molar-refractivity contribution in [1.82, 2.24) is 0 Å². The summed E-state index contributed by atoms with van der Waals surface area (Å²) in [5.74, 6) is 1.70. The van der Waals surface area contributed by atoms with Gasteiger partial charge < -0.3 is 9.64 Å². The number of hydrogen-bond donors (Lipinski definition) is 0. The molecule has 1 fully saturated rings. The predicted octanol–water partition coefficient (Wildman–Crippen LogP) is 4.57. The Balaban J connectivity index is 1.82. The van der Waals surface area contributed by atoms with Gasteiger partial charge in [-0.05, 0) is 72.1 Å². The number of benzene rings is 2. The number of fused-ring (bicyclic) bond motifs is 3. The van der Waals surface area contributed by atoms with Crippen molar-refractivity contribution < 1.29 is 4.74 Å². The van der Waals surface area contributed by atoms with Crippen LogP contribution in [0.3, 0.4) is 0 Å². The Morgan fingerprint density at radius 1 is 1.08 bits per heavy atom. The zero-order chi connectivity index (χ0) is 17.4. The first-order valence-electron chi connectivity index (χ1n) is 9.19. The summed E-state index contributed by atoms with van der Waals surface area (Å²) in [4.78, 5) is 2.45. The summed E-state index contributed by atoms with van der Waals surface area (Å²) in [6.45, 7) is 4.44. The van der Waals surface area contributed by atoms with Crippen molar-refractivity contribution in [3.8, 4) is 22.9 Å². The van der Waals surface area contributed by atoms with Crippen molar-refractivity contribution in [2.45, 2.75) is 32.6 Å². The highest BCUT2D eigenvalue weighted by Gasteiger charge is 2.26. The molecule has 3 heteroatoms. The van der Waals surface area contributed by atoms with Crippen LogP contribution in [0, 0.1) is 17.2 Å². The summed E-state index contributed by atoms with van der Waals surface area (Å²) in [6.07, 6.45) is 4.42. The number of nitrogens with zero attached hydrogens (tertiary/aromatic N) is 2. The van der Waals surface area contributed by atoms with Gasteiger partial charge in [0.1, 0.15) is 11.8 Å². The third kappa shape index (κ3) is 2.76. The fraction of sp³-hybridized carbons (Fsp3) is 0.409. The fourth-order valence-corrected chi connectivity index (χ4v) is 4.25. The van der Waals surface area contributed by atoms with Gasteiger partial charge in [0.05, 0.1) is 18.4 Å². The largest absolute Gasteiger partial charge is 0.497 e. The van der Waals surface area contributed by atoms with Crippen molar-refractivity contribution in [2.75, 3.05) is 25.1 Å². The molecule has 1 aliphatic heterocycles. The average molecular weight is 332 g/mol. The van der Waals surface area contributed by atoms with E-state index in [-0.39, 0.29) is 0 Å². The van der Waals surface area contributed by atoms with Crippen molar-refractivity contribution in [1.29, 1.82) is 5.26 Å². The number of aryl methyl sites for hydroxylation is 1. The number of methoxy groups -OCH3 is 1. The van der Waals surface area contributed by atoms with E-state index in [1.54, 1.807) is 7.11 Å². The quantitative estimate of drug-likeness (QED) is 0.808. The summed E-state index contributed by atoms with van der Waals surface area (Å²) >= 11 is 0. The van der Waals surface area contributed by atoms with Crippen LogP contribution in [0.15, 0.2) is 30.3 Å². The highest BCUT2D eigenvalue weighted by molar-refractivity contribution is 5.82. The van der Waals surface area contributed by atoms with Crippen LogP contribution >= 0.6 is 0 Å². The highest BCUT2D eigenvalue weighted by atomic mass is 16.5. The van der Waals surface area contributed by atoms with Gasteiger partial charge in [-0.3, -0.25) is 0 Å². The smallest absolute Gasteiger partial charge is 0.119 e. The minimum Gasteiger partial charge on any atom is -0.497 e. The van der Waals surface area contributed by atoms with E-state index in [2.05, 4.69) is 36.1 Å². The molecular weight excluding hydrogens is 308 g/mol. The van der Waals surface area contributed by atoms with Crippen molar-refractivity contribution in [3.63, 3.8) is 0 Å². The fourth-order valence-electron chi connectivity index (χ4n) is 4.25. The average Bonchev–Trinajstić information content (AvgIpc) is 2.67. The van der Waals surface area contributed by atoms with Crippen LogP contribution in [0.2, 0.25) is 0 Å². The molecule has 1 heterocycles. The Morgan fingerprint density at radius 3 is 2.56 bits per heavy atom. The van der Waals surface area contributed by atoms with Crippen LogP contribution in [0.1, 0.15) is 36.5 Å². The van der Waals surface area contributed by atoms with Gasteiger partial charge in [0, 0.05) is 13.1 Å². The van der Waals surface area contributed by atoms with Crippen LogP contribution in [-0.4, -0.2) is 20.2 Å². The summed E-state index contributed by atoms with van der Waals surface area (Å²) in [6, 6.07) is 12.9. The summed E-state index contributed by atoms with van der Waals surface area (Å²) < 4.78 is 5.38. The van der Waals surface area contributed by atoms with Gasteiger partial charge in [-0.25, -0.2) is 0 Å². The lowest BCUT2D eigenvalue weighted by molar-refractivity contribution is 0.414. The van der Waals surface area contributed by atoms with Gasteiger partial charge in [-0.1, -0.05) is 19.1 Å². The molecule has 4 rings (SSSR count). The second-order valence-corrected chi connectivity index (χ2v) is 7.29. The summed E-state index contributed by atoms with van der Waals surface area (Å²) in [5, 5.41) is 9.67. The van der Waals surface area contributed by atoms with Gasteiger partial charge in [0.2, 0.25) is 0 Å². The minimum absolute atomic E-state index is 0.787. The van der Waals surface area contributed by atoms with Crippen molar-refractivity contribution in [2.24, 2.45) is 5.92 Å². The van der Waals surface area contributed by atoms with Crippen molar-refractivity contribution in [3.05, 3.63) is 47.0 Å². The SMILES string of the molecule is COc1ccc2c(c1)CCc1c-2ccc(C#N)c1N1CCC(C)CC1. The Hall–Kier alpha value is -2.47. The standard InChI is InChI=1S/C22H24N2O/c1-15-9-11-24(12-10-15)22-17(14-23)4-6-20-19-8-5-18(25-2)13-16(19)3-7-21(20)22/h4-6,8,13,15H,3,7,9-12H2,1-2H3. The molecular formula is C22H24N2O. The lowest BCUT2D eigenvalue weighted by Crippen LogP contribution is -2.34. The number of ether oxygens (including phenoxy) is 1. The number of rotatable bonds is 2. The second-order valence-electron chi connectivity index (χ2n) is 7.29. The first-order valence-corrected chi connectivity index (χ1v) is 9.19. The number of piperidine rings is 1. The summed E-state index contributed by atoms with van der Waals surface area (Å²) in [7, 11) is 1.72. The third-order valence-electron chi connectivity index (χ3n) is 5.75. The first-order chi connectivity index (χ1) is 12.2. The van der Waals surface area contributed by atoms with E-state index in [1.165, 1.54) is 40.8 Å². The van der Waals surface area contributed by atoms with Crippen LogP contribution in [0.25, 0.3) is 11.1 Å². The molecule has 0 amide bonds. The Bertz CT molecular complexity index is 842. The van der Waals surface area contributed by atoms with Gasteiger partial charge >= 0.3 is 0 Å². The first kappa shape index (κ1) is 16.0. The maximum Gasteiger partial charge on any atom is 0.119 e. The molecule has 2 aromatic carbocycles. The van der Waals surface area contributed by atoms with Crippen LogP contribution in [-0.2, 0) is 12.8 Å². The van der Waals surface area contributed by atoms with Crippen molar-refractivity contribution >= 4 is 5.69 Å². The van der Waals surface area contributed by atoms with Crippen LogP contribution in [0.4, 0.5) is 5.69 Å². The molecule has 0 N–H and O–H groups in total. The van der Waals surface area contributed by atoms with E-state index in [0.717, 1.165) is 43.2 Å². The predicted molar refractivity (Wildman–Crippen MR) is 101 cm³/mol. The third-order valence-corrected chi connectivity index (χ3v) is 5.75. The van der Waals surface area contributed by atoms with Gasteiger partial charge in [0.15, 0.2) is 0 Å². The molecule has 25 heavy (non-hydrogen) atoms. The van der Waals surface area contributed by atoms with Gasteiger partial charge in [0.25, 0.3) is 0 Å². The van der Waals surface area contributed by atoms with Gasteiger partial charge in [-0.15, -0.1) is 0 Å². The molecule has 0 radical (unpaired) electrons.